The molecule has 136 valence electrons. The van der Waals surface area contributed by atoms with Crippen molar-refractivity contribution in [3.63, 3.8) is 0 Å². The molecule has 0 bridgehead atoms. The first-order valence-electron chi connectivity index (χ1n) is 8.75. The fraction of sp³-hybridized carbons (Fsp3) is 0.556. The summed E-state index contributed by atoms with van der Waals surface area (Å²) in [6, 6.07) is 5.42. The van der Waals surface area contributed by atoms with Gasteiger partial charge in [-0.05, 0) is 44.5 Å². The van der Waals surface area contributed by atoms with E-state index in [0.717, 1.165) is 19.4 Å². The first-order valence-corrected chi connectivity index (χ1v) is 9.13. The number of hydrogen-bond acceptors (Lipinski definition) is 4. The average molecular weight is 366 g/mol. The second kappa shape index (κ2) is 8.17. The molecule has 2 heterocycles. The molecular formula is C18H24ClN3O3. The molecule has 6 nitrogen and oxygen atoms in total. The van der Waals surface area contributed by atoms with Crippen LogP contribution in [0.3, 0.4) is 0 Å². The van der Waals surface area contributed by atoms with Crippen molar-refractivity contribution >= 4 is 29.1 Å². The van der Waals surface area contributed by atoms with E-state index < -0.39 is 0 Å². The lowest BCUT2D eigenvalue weighted by Gasteiger charge is -2.28. The SMILES string of the molecule is C[C@H]1C[C@@H](C(=O)Nc2ccc(C(=O)N3CCOCC3)c(Cl)c2)CCN1. The summed E-state index contributed by atoms with van der Waals surface area (Å²) in [6.07, 6.45) is 1.66. The molecule has 7 heteroatoms. The van der Waals surface area contributed by atoms with Crippen molar-refractivity contribution in [3.05, 3.63) is 28.8 Å². The zero-order valence-electron chi connectivity index (χ0n) is 14.4. The Morgan fingerprint density at radius 3 is 2.76 bits per heavy atom. The zero-order valence-corrected chi connectivity index (χ0v) is 15.1. The van der Waals surface area contributed by atoms with Gasteiger partial charge in [0.2, 0.25) is 5.91 Å². The van der Waals surface area contributed by atoms with Gasteiger partial charge in [0.05, 0.1) is 23.8 Å². The van der Waals surface area contributed by atoms with Crippen LogP contribution >= 0.6 is 11.6 Å². The van der Waals surface area contributed by atoms with Crippen LogP contribution in [-0.4, -0.2) is 55.6 Å². The third kappa shape index (κ3) is 4.51. The minimum Gasteiger partial charge on any atom is -0.378 e. The number of nitrogens with zero attached hydrogens (tertiary/aromatic N) is 1. The highest BCUT2D eigenvalue weighted by Crippen LogP contribution is 2.24. The molecule has 2 aliphatic heterocycles. The molecule has 1 aromatic rings. The maximum atomic E-state index is 12.5. The number of nitrogens with one attached hydrogen (secondary N) is 2. The van der Waals surface area contributed by atoms with Gasteiger partial charge in [0, 0.05) is 30.7 Å². The van der Waals surface area contributed by atoms with Gasteiger partial charge in [-0.15, -0.1) is 0 Å². The van der Waals surface area contributed by atoms with Crippen molar-refractivity contribution in [3.8, 4) is 0 Å². The van der Waals surface area contributed by atoms with E-state index in [4.69, 9.17) is 16.3 Å². The van der Waals surface area contributed by atoms with E-state index in [2.05, 4.69) is 17.6 Å². The van der Waals surface area contributed by atoms with Crippen LogP contribution in [0.25, 0.3) is 0 Å². The van der Waals surface area contributed by atoms with E-state index in [0.29, 0.717) is 48.6 Å². The summed E-state index contributed by atoms with van der Waals surface area (Å²) >= 11 is 6.30. The van der Waals surface area contributed by atoms with Gasteiger partial charge in [0.25, 0.3) is 5.91 Å². The Bertz CT molecular complexity index is 646. The number of morpholine rings is 1. The van der Waals surface area contributed by atoms with Crippen LogP contribution in [-0.2, 0) is 9.53 Å². The first-order chi connectivity index (χ1) is 12.0. The van der Waals surface area contributed by atoms with Gasteiger partial charge in [0.15, 0.2) is 0 Å². The number of halogens is 1. The summed E-state index contributed by atoms with van der Waals surface area (Å²) < 4.78 is 5.27. The predicted molar refractivity (Wildman–Crippen MR) is 97.0 cm³/mol. The number of carbonyl (C=O) groups excluding carboxylic acids is 2. The summed E-state index contributed by atoms with van der Waals surface area (Å²) in [5.41, 5.74) is 1.08. The van der Waals surface area contributed by atoms with Crippen LogP contribution in [0.2, 0.25) is 5.02 Å². The average Bonchev–Trinajstić information content (AvgIpc) is 2.62. The van der Waals surface area contributed by atoms with Gasteiger partial charge >= 0.3 is 0 Å². The standard InChI is InChI=1S/C18H24ClN3O3/c1-12-10-13(4-5-20-12)17(23)21-14-2-3-15(16(19)11-14)18(24)22-6-8-25-9-7-22/h2-3,11-13,20H,4-10H2,1H3,(H,21,23)/t12-,13-/m0/s1. The molecule has 0 unspecified atom stereocenters. The van der Waals surface area contributed by atoms with E-state index in [1.165, 1.54) is 0 Å². The van der Waals surface area contributed by atoms with E-state index in [1.807, 2.05) is 0 Å². The van der Waals surface area contributed by atoms with Gasteiger partial charge in [-0.2, -0.15) is 0 Å². The number of benzene rings is 1. The van der Waals surface area contributed by atoms with Gasteiger partial charge in [-0.3, -0.25) is 9.59 Å². The maximum absolute atomic E-state index is 12.5. The van der Waals surface area contributed by atoms with Gasteiger partial charge in [-0.25, -0.2) is 0 Å². The summed E-state index contributed by atoms with van der Waals surface area (Å²) in [5, 5.41) is 6.62. The minimum atomic E-state index is -0.0987. The lowest BCUT2D eigenvalue weighted by atomic mass is 9.92. The largest absolute Gasteiger partial charge is 0.378 e. The lowest BCUT2D eigenvalue weighted by Crippen LogP contribution is -2.41. The number of ether oxygens (including phenoxy) is 1. The molecule has 2 N–H and O–H groups in total. The Kier molecular flexibility index (Phi) is 5.93. The summed E-state index contributed by atoms with van der Waals surface area (Å²) in [6.45, 7) is 5.18. The number of hydrogen-bond donors (Lipinski definition) is 2. The second-order valence-corrected chi connectivity index (χ2v) is 7.07. The number of amides is 2. The number of piperidine rings is 1. The van der Waals surface area contributed by atoms with Crippen molar-refractivity contribution in [2.75, 3.05) is 38.2 Å². The van der Waals surface area contributed by atoms with Gasteiger partial charge in [0.1, 0.15) is 0 Å². The predicted octanol–water partition coefficient (Wildman–Crippen LogP) is 2.14. The van der Waals surface area contributed by atoms with Crippen LogP contribution < -0.4 is 10.6 Å². The van der Waals surface area contributed by atoms with Gasteiger partial charge in [-0.1, -0.05) is 11.6 Å². The molecule has 0 radical (unpaired) electrons. The first kappa shape index (κ1) is 18.2. The van der Waals surface area contributed by atoms with Crippen LogP contribution in [0.4, 0.5) is 5.69 Å². The number of carbonyl (C=O) groups is 2. The molecule has 25 heavy (non-hydrogen) atoms. The minimum absolute atomic E-state index is 0.00434. The maximum Gasteiger partial charge on any atom is 0.255 e. The zero-order chi connectivity index (χ0) is 17.8. The summed E-state index contributed by atoms with van der Waals surface area (Å²) in [5.74, 6) is -0.0836. The van der Waals surface area contributed by atoms with Crippen LogP contribution in [0.5, 0.6) is 0 Å². The highest BCUT2D eigenvalue weighted by Gasteiger charge is 2.25. The Hall–Kier alpha value is -1.63. The van der Waals surface area contributed by atoms with Crippen molar-refractivity contribution < 1.29 is 14.3 Å². The second-order valence-electron chi connectivity index (χ2n) is 6.66. The summed E-state index contributed by atoms with van der Waals surface area (Å²) in [7, 11) is 0. The summed E-state index contributed by atoms with van der Waals surface area (Å²) in [4.78, 5) is 26.7. The van der Waals surface area contributed by atoms with Crippen LogP contribution in [0, 0.1) is 5.92 Å². The topological polar surface area (TPSA) is 70.7 Å². The molecule has 2 saturated heterocycles. The third-order valence-electron chi connectivity index (χ3n) is 4.76. The van der Waals surface area contributed by atoms with E-state index >= 15 is 0 Å². The van der Waals surface area contributed by atoms with E-state index in [1.54, 1.807) is 23.1 Å². The highest BCUT2D eigenvalue weighted by atomic mass is 35.5. The molecule has 3 rings (SSSR count). The molecule has 0 saturated carbocycles. The Morgan fingerprint density at radius 1 is 1.32 bits per heavy atom. The van der Waals surface area contributed by atoms with Crippen molar-refractivity contribution in [1.82, 2.24) is 10.2 Å². The normalized spacial score (nSPS) is 24.0. The molecule has 0 aromatic heterocycles. The Balaban J connectivity index is 1.65. The molecule has 2 atom stereocenters. The van der Waals surface area contributed by atoms with E-state index in [9.17, 15) is 9.59 Å². The van der Waals surface area contributed by atoms with Gasteiger partial charge < -0.3 is 20.3 Å². The molecule has 0 spiro atoms. The van der Waals surface area contributed by atoms with Crippen molar-refractivity contribution in [2.24, 2.45) is 5.92 Å². The Labute approximate surface area is 152 Å². The molecule has 2 aliphatic rings. The van der Waals surface area contributed by atoms with Crippen molar-refractivity contribution in [1.29, 1.82) is 0 Å². The molecular weight excluding hydrogens is 342 g/mol. The third-order valence-corrected chi connectivity index (χ3v) is 5.07. The number of rotatable bonds is 3. The molecule has 2 amide bonds. The lowest BCUT2D eigenvalue weighted by molar-refractivity contribution is -0.120. The smallest absolute Gasteiger partial charge is 0.255 e. The fourth-order valence-corrected chi connectivity index (χ4v) is 3.58. The molecule has 1 aromatic carbocycles. The van der Waals surface area contributed by atoms with Crippen LogP contribution in [0.1, 0.15) is 30.1 Å². The highest BCUT2D eigenvalue weighted by molar-refractivity contribution is 6.34. The van der Waals surface area contributed by atoms with Crippen LogP contribution in [0.15, 0.2) is 18.2 Å². The molecule has 0 aliphatic carbocycles. The fourth-order valence-electron chi connectivity index (χ4n) is 3.32. The quantitative estimate of drug-likeness (QED) is 0.861. The molecule has 2 fully saturated rings. The van der Waals surface area contributed by atoms with Crippen molar-refractivity contribution in [2.45, 2.75) is 25.8 Å². The number of anilines is 1. The van der Waals surface area contributed by atoms with E-state index in [-0.39, 0.29) is 17.7 Å². The Morgan fingerprint density at radius 2 is 2.08 bits per heavy atom. The monoisotopic (exact) mass is 365 g/mol.